The molecule has 2 aromatic rings. The molecule has 0 aliphatic rings. The van der Waals surface area contributed by atoms with Gasteiger partial charge in [-0.2, -0.15) is 0 Å². The SMILES string of the molecule is CCc1cccc(-c2nc(Cl)cs2)c1. The molecule has 72 valence electrons. The molecule has 1 aromatic heterocycles. The fraction of sp³-hybridized carbons (Fsp3) is 0.182. The van der Waals surface area contributed by atoms with Crippen molar-refractivity contribution in [2.24, 2.45) is 0 Å². The summed E-state index contributed by atoms with van der Waals surface area (Å²) in [5.74, 6) is 0. The summed E-state index contributed by atoms with van der Waals surface area (Å²) in [5.41, 5.74) is 2.48. The molecule has 1 aromatic carbocycles. The third-order valence-electron chi connectivity index (χ3n) is 2.06. The standard InChI is InChI=1S/C11H10ClNS/c1-2-8-4-3-5-9(6-8)11-13-10(12)7-14-11/h3-7H,2H2,1H3. The molecule has 0 amide bonds. The maximum absolute atomic E-state index is 5.78. The lowest BCUT2D eigenvalue weighted by Gasteiger charge is -1.99. The third kappa shape index (κ3) is 1.97. The van der Waals surface area contributed by atoms with E-state index in [1.54, 1.807) is 11.3 Å². The van der Waals surface area contributed by atoms with Gasteiger partial charge in [-0.25, -0.2) is 4.98 Å². The van der Waals surface area contributed by atoms with Gasteiger partial charge in [0.2, 0.25) is 0 Å². The number of aromatic nitrogens is 1. The second kappa shape index (κ2) is 4.11. The zero-order chi connectivity index (χ0) is 9.97. The first-order valence-corrected chi connectivity index (χ1v) is 5.75. The molecule has 0 spiro atoms. The Bertz CT molecular complexity index is 436. The molecule has 0 atom stereocenters. The number of thiazole rings is 1. The summed E-state index contributed by atoms with van der Waals surface area (Å²) in [5, 5.41) is 3.42. The van der Waals surface area contributed by atoms with Crippen molar-refractivity contribution in [2.75, 3.05) is 0 Å². The molecule has 3 heteroatoms. The highest BCUT2D eigenvalue weighted by atomic mass is 35.5. The van der Waals surface area contributed by atoms with Crippen LogP contribution in [-0.2, 0) is 6.42 Å². The molecule has 0 bridgehead atoms. The van der Waals surface area contributed by atoms with Crippen LogP contribution in [0.1, 0.15) is 12.5 Å². The van der Waals surface area contributed by atoms with Crippen LogP contribution in [0.15, 0.2) is 29.6 Å². The summed E-state index contributed by atoms with van der Waals surface area (Å²) in [6.07, 6.45) is 1.05. The first kappa shape index (κ1) is 9.69. The van der Waals surface area contributed by atoms with Gasteiger partial charge in [0.15, 0.2) is 0 Å². The van der Waals surface area contributed by atoms with Crippen LogP contribution in [0, 0.1) is 0 Å². The van der Waals surface area contributed by atoms with E-state index < -0.39 is 0 Å². The van der Waals surface area contributed by atoms with Gasteiger partial charge in [-0.05, 0) is 18.1 Å². The van der Waals surface area contributed by atoms with Crippen LogP contribution in [0.5, 0.6) is 0 Å². The molecule has 0 aliphatic heterocycles. The van der Waals surface area contributed by atoms with E-state index in [2.05, 4.69) is 36.2 Å². The molecule has 1 nitrogen and oxygen atoms in total. The van der Waals surface area contributed by atoms with E-state index in [1.807, 2.05) is 5.38 Å². The average molecular weight is 224 g/mol. The zero-order valence-electron chi connectivity index (χ0n) is 7.83. The van der Waals surface area contributed by atoms with Crippen LogP contribution in [0.2, 0.25) is 5.15 Å². The molecule has 0 unspecified atom stereocenters. The van der Waals surface area contributed by atoms with E-state index in [9.17, 15) is 0 Å². The lowest BCUT2D eigenvalue weighted by molar-refractivity contribution is 1.14. The number of benzene rings is 1. The highest BCUT2D eigenvalue weighted by Crippen LogP contribution is 2.26. The van der Waals surface area contributed by atoms with Crippen molar-refractivity contribution in [1.82, 2.24) is 4.98 Å². The Kier molecular flexibility index (Phi) is 2.85. The van der Waals surface area contributed by atoms with E-state index in [0.29, 0.717) is 5.15 Å². The van der Waals surface area contributed by atoms with Gasteiger partial charge < -0.3 is 0 Å². The normalized spacial score (nSPS) is 10.4. The monoisotopic (exact) mass is 223 g/mol. The molecular formula is C11H10ClNS. The Hall–Kier alpha value is -0.860. The van der Waals surface area contributed by atoms with Gasteiger partial charge in [0.1, 0.15) is 10.2 Å². The summed E-state index contributed by atoms with van der Waals surface area (Å²) >= 11 is 7.36. The Morgan fingerprint density at radius 2 is 2.29 bits per heavy atom. The summed E-state index contributed by atoms with van der Waals surface area (Å²) in [4.78, 5) is 4.24. The van der Waals surface area contributed by atoms with Crippen LogP contribution < -0.4 is 0 Å². The first-order chi connectivity index (χ1) is 6.79. The Balaban J connectivity index is 2.41. The van der Waals surface area contributed by atoms with E-state index in [1.165, 1.54) is 5.56 Å². The van der Waals surface area contributed by atoms with Crippen LogP contribution in [-0.4, -0.2) is 4.98 Å². The van der Waals surface area contributed by atoms with Crippen LogP contribution in [0.3, 0.4) is 0 Å². The van der Waals surface area contributed by atoms with Gasteiger partial charge in [-0.15, -0.1) is 11.3 Å². The second-order valence-corrected chi connectivity index (χ2v) is 4.27. The molecule has 0 saturated carbocycles. The van der Waals surface area contributed by atoms with Gasteiger partial charge in [0.05, 0.1) is 0 Å². The van der Waals surface area contributed by atoms with Crippen molar-refractivity contribution < 1.29 is 0 Å². The van der Waals surface area contributed by atoms with Gasteiger partial charge in [0, 0.05) is 10.9 Å². The largest absolute Gasteiger partial charge is 0.224 e. The summed E-state index contributed by atoms with van der Waals surface area (Å²) in [7, 11) is 0. The lowest BCUT2D eigenvalue weighted by Crippen LogP contribution is -1.81. The van der Waals surface area contributed by atoms with Crippen LogP contribution in [0.25, 0.3) is 10.6 Å². The van der Waals surface area contributed by atoms with Crippen LogP contribution >= 0.6 is 22.9 Å². The lowest BCUT2D eigenvalue weighted by atomic mass is 10.1. The van der Waals surface area contributed by atoms with Crippen molar-refractivity contribution in [3.63, 3.8) is 0 Å². The minimum atomic E-state index is 0.576. The molecule has 0 radical (unpaired) electrons. The maximum Gasteiger partial charge on any atom is 0.140 e. The topological polar surface area (TPSA) is 12.9 Å². The number of hydrogen-bond acceptors (Lipinski definition) is 2. The average Bonchev–Trinajstić information content (AvgIpc) is 2.65. The van der Waals surface area contributed by atoms with Crippen molar-refractivity contribution >= 4 is 22.9 Å². The minimum absolute atomic E-state index is 0.576. The summed E-state index contributed by atoms with van der Waals surface area (Å²) in [6.45, 7) is 2.15. The zero-order valence-corrected chi connectivity index (χ0v) is 9.40. The van der Waals surface area contributed by atoms with Gasteiger partial charge in [0.25, 0.3) is 0 Å². The molecule has 0 fully saturated rings. The van der Waals surface area contributed by atoms with Gasteiger partial charge in [-0.1, -0.05) is 36.7 Å². The molecule has 0 aliphatic carbocycles. The molecule has 14 heavy (non-hydrogen) atoms. The van der Waals surface area contributed by atoms with Gasteiger partial charge in [-0.3, -0.25) is 0 Å². The second-order valence-electron chi connectivity index (χ2n) is 3.03. The predicted octanol–water partition coefficient (Wildman–Crippen LogP) is 4.03. The minimum Gasteiger partial charge on any atom is -0.224 e. The Morgan fingerprint density at radius 1 is 1.43 bits per heavy atom. The van der Waals surface area contributed by atoms with Crippen molar-refractivity contribution in [2.45, 2.75) is 13.3 Å². The maximum atomic E-state index is 5.78. The van der Waals surface area contributed by atoms with Crippen molar-refractivity contribution in [3.05, 3.63) is 40.4 Å². The highest BCUT2D eigenvalue weighted by Gasteiger charge is 2.03. The molecule has 1 heterocycles. The van der Waals surface area contributed by atoms with Crippen molar-refractivity contribution in [1.29, 1.82) is 0 Å². The number of hydrogen-bond donors (Lipinski definition) is 0. The van der Waals surface area contributed by atoms with E-state index >= 15 is 0 Å². The highest BCUT2D eigenvalue weighted by molar-refractivity contribution is 7.13. The number of aryl methyl sites for hydroxylation is 1. The quantitative estimate of drug-likeness (QED) is 0.749. The molecule has 2 rings (SSSR count). The van der Waals surface area contributed by atoms with E-state index in [0.717, 1.165) is 17.0 Å². The fourth-order valence-electron chi connectivity index (χ4n) is 1.31. The third-order valence-corrected chi connectivity index (χ3v) is 3.27. The smallest absolute Gasteiger partial charge is 0.140 e. The fourth-order valence-corrected chi connectivity index (χ4v) is 2.25. The van der Waals surface area contributed by atoms with Crippen LogP contribution in [0.4, 0.5) is 0 Å². The Morgan fingerprint density at radius 3 is 2.93 bits per heavy atom. The van der Waals surface area contributed by atoms with Gasteiger partial charge >= 0.3 is 0 Å². The van der Waals surface area contributed by atoms with E-state index in [4.69, 9.17) is 11.6 Å². The number of halogens is 1. The summed E-state index contributed by atoms with van der Waals surface area (Å²) in [6, 6.07) is 8.41. The Labute approximate surface area is 92.4 Å². The van der Waals surface area contributed by atoms with Crippen molar-refractivity contribution in [3.8, 4) is 10.6 Å². The summed E-state index contributed by atoms with van der Waals surface area (Å²) < 4.78 is 0. The number of nitrogens with zero attached hydrogens (tertiary/aromatic N) is 1. The first-order valence-electron chi connectivity index (χ1n) is 4.50. The molecular weight excluding hydrogens is 214 g/mol. The van der Waals surface area contributed by atoms with E-state index in [-0.39, 0.29) is 0 Å². The molecule has 0 N–H and O–H groups in total. The number of rotatable bonds is 2. The predicted molar refractivity (Wildman–Crippen MR) is 61.9 cm³/mol. The molecule has 0 saturated heterocycles.